The Hall–Kier alpha value is -3.11. The van der Waals surface area contributed by atoms with Crippen molar-refractivity contribution in [1.82, 2.24) is 14.5 Å². The summed E-state index contributed by atoms with van der Waals surface area (Å²) in [5.41, 5.74) is 2.66. The summed E-state index contributed by atoms with van der Waals surface area (Å²) in [6, 6.07) is 10.6. The van der Waals surface area contributed by atoms with E-state index < -0.39 is 15.9 Å². The maximum Gasteiger partial charge on any atom is 0.257 e. The van der Waals surface area contributed by atoms with Gasteiger partial charge in [0.15, 0.2) is 0 Å². The second-order valence-electron chi connectivity index (χ2n) is 8.17. The van der Waals surface area contributed by atoms with Crippen LogP contribution in [0.1, 0.15) is 31.8 Å². The summed E-state index contributed by atoms with van der Waals surface area (Å²) in [6.07, 6.45) is 0. The summed E-state index contributed by atoms with van der Waals surface area (Å²) in [6.45, 7) is 4.68. The van der Waals surface area contributed by atoms with Crippen molar-refractivity contribution in [2.45, 2.75) is 13.8 Å². The zero-order chi connectivity index (χ0) is 24.9. The van der Waals surface area contributed by atoms with Crippen LogP contribution in [0.25, 0.3) is 0 Å². The molecule has 184 valence electrons. The molecule has 0 radical (unpaired) electrons. The van der Waals surface area contributed by atoms with E-state index in [1.165, 1.54) is 18.5 Å². The number of amides is 2. The van der Waals surface area contributed by atoms with Crippen molar-refractivity contribution in [3.8, 4) is 11.5 Å². The van der Waals surface area contributed by atoms with Crippen LogP contribution in [-0.4, -0.2) is 82.1 Å². The van der Waals surface area contributed by atoms with Crippen LogP contribution in [0.5, 0.6) is 11.5 Å². The fraction of sp³-hybridized carbons (Fsp3) is 0.417. The van der Waals surface area contributed by atoms with E-state index in [0.717, 1.165) is 11.1 Å². The van der Waals surface area contributed by atoms with Gasteiger partial charge in [0.1, 0.15) is 11.5 Å². The molecule has 10 heteroatoms. The molecule has 0 aliphatic carbocycles. The quantitative estimate of drug-likeness (QED) is 0.607. The fourth-order valence-electron chi connectivity index (χ4n) is 3.85. The molecular formula is C24H31N3O6S. The molecule has 0 bridgehead atoms. The van der Waals surface area contributed by atoms with E-state index >= 15 is 0 Å². The molecule has 1 aliphatic heterocycles. The molecule has 1 saturated heterocycles. The molecule has 1 aliphatic rings. The molecule has 0 spiro atoms. The van der Waals surface area contributed by atoms with Crippen LogP contribution in [-0.2, 0) is 10.0 Å². The fourth-order valence-corrected chi connectivity index (χ4v) is 5.18. The van der Waals surface area contributed by atoms with Gasteiger partial charge in [0.2, 0.25) is 10.0 Å². The average molecular weight is 490 g/mol. The Balaban J connectivity index is 1.55. The van der Waals surface area contributed by atoms with Crippen LogP contribution in [0.4, 0.5) is 0 Å². The molecule has 0 unspecified atom stereocenters. The highest BCUT2D eigenvalue weighted by Gasteiger charge is 2.30. The number of carbonyl (C=O) groups excluding carboxylic acids is 2. The van der Waals surface area contributed by atoms with Gasteiger partial charge in [-0.05, 0) is 38.1 Å². The number of sulfonamides is 1. The lowest BCUT2D eigenvalue weighted by atomic mass is 10.1. The third-order valence-corrected chi connectivity index (χ3v) is 7.62. The smallest absolute Gasteiger partial charge is 0.257 e. The summed E-state index contributed by atoms with van der Waals surface area (Å²) >= 11 is 0. The van der Waals surface area contributed by atoms with Crippen LogP contribution in [0.15, 0.2) is 36.4 Å². The highest BCUT2D eigenvalue weighted by atomic mass is 32.2. The Morgan fingerprint density at radius 2 is 1.41 bits per heavy atom. The van der Waals surface area contributed by atoms with Crippen molar-refractivity contribution in [3.63, 3.8) is 0 Å². The third kappa shape index (κ3) is 5.87. The molecule has 0 saturated carbocycles. The van der Waals surface area contributed by atoms with Crippen molar-refractivity contribution in [1.29, 1.82) is 0 Å². The number of benzene rings is 2. The maximum absolute atomic E-state index is 13.0. The van der Waals surface area contributed by atoms with Crippen molar-refractivity contribution in [2.75, 3.05) is 52.7 Å². The molecular weight excluding hydrogens is 458 g/mol. The second-order valence-corrected chi connectivity index (χ2v) is 10.3. The topological polar surface area (TPSA) is 105 Å². The summed E-state index contributed by atoms with van der Waals surface area (Å²) < 4.78 is 37.5. The lowest BCUT2D eigenvalue weighted by molar-refractivity contribution is 0.0694. The molecule has 2 aromatic carbocycles. The molecule has 2 amide bonds. The molecule has 2 aromatic rings. The van der Waals surface area contributed by atoms with Crippen LogP contribution in [0, 0.1) is 13.8 Å². The molecule has 1 N–H and O–H groups in total. The Kier molecular flexibility index (Phi) is 8.16. The standard InChI is InChI=1S/C24H31N3O6S/c1-17-5-7-21(32-3)19(15-17)23(28)25-9-14-34(30,31)27-12-10-26(11-13-27)24(29)20-16-18(2)6-8-22(20)33-4/h5-8,15-16H,9-14H2,1-4H3,(H,25,28). The summed E-state index contributed by atoms with van der Waals surface area (Å²) in [5, 5.41) is 2.66. The first-order valence-corrected chi connectivity index (χ1v) is 12.6. The number of hydrogen-bond acceptors (Lipinski definition) is 6. The summed E-state index contributed by atoms with van der Waals surface area (Å²) in [5.74, 6) is 0.117. The van der Waals surface area contributed by atoms with Gasteiger partial charge in [-0.25, -0.2) is 8.42 Å². The van der Waals surface area contributed by atoms with E-state index in [9.17, 15) is 18.0 Å². The van der Waals surface area contributed by atoms with Gasteiger partial charge in [-0.2, -0.15) is 4.31 Å². The Morgan fingerprint density at radius 1 is 0.882 bits per heavy atom. The number of ether oxygens (including phenoxy) is 2. The molecule has 1 fully saturated rings. The van der Waals surface area contributed by atoms with Crippen LogP contribution in [0.2, 0.25) is 0 Å². The van der Waals surface area contributed by atoms with Crippen LogP contribution >= 0.6 is 0 Å². The number of nitrogens with one attached hydrogen (secondary N) is 1. The van der Waals surface area contributed by atoms with E-state index in [-0.39, 0.29) is 44.4 Å². The average Bonchev–Trinajstić information content (AvgIpc) is 2.83. The molecule has 9 nitrogen and oxygen atoms in total. The zero-order valence-corrected chi connectivity index (χ0v) is 20.8. The largest absolute Gasteiger partial charge is 0.496 e. The number of carbonyl (C=O) groups is 2. The molecule has 0 atom stereocenters. The zero-order valence-electron chi connectivity index (χ0n) is 20.0. The molecule has 3 rings (SSSR count). The first-order valence-electron chi connectivity index (χ1n) is 11.0. The Labute approximate surface area is 200 Å². The van der Waals surface area contributed by atoms with Gasteiger partial charge in [-0.1, -0.05) is 23.3 Å². The van der Waals surface area contributed by atoms with Crippen LogP contribution < -0.4 is 14.8 Å². The van der Waals surface area contributed by atoms with Crippen molar-refractivity contribution < 1.29 is 27.5 Å². The van der Waals surface area contributed by atoms with E-state index in [2.05, 4.69) is 5.32 Å². The highest BCUT2D eigenvalue weighted by molar-refractivity contribution is 7.89. The van der Waals surface area contributed by atoms with E-state index in [1.54, 1.807) is 29.2 Å². The summed E-state index contributed by atoms with van der Waals surface area (Å²) in [4.78, 5) is 27.1. The first-order chi connectivity index (χ1) is 16.2. The predicted molar refractivity (Wildman–Crippen MR) is 129 cm³/mol. The van der Waals surface area contributed by atoms with Gasteiger partial charge in [0.25, 0.3) is 11.8 Å². The molecule has 1 heterocycles. The lowest BCUT2D eigenvalue weighted by Crippen LogP contribution is -2.51. The SMILES string of the molecule is COc1ccc(C)cc1C(=O)NCCS(=O)(=O)N1CCN(C(=O)c2cc(C)ccc2OC)CC1. The van der Waals surface area contributed by atoms with Gasteiger partial charge in [-0.15, -0.1) is 0 Å². The number of nitrogens with zero attached hydrogens (tertiary/aromatic N) is 2. The van der Waals surface area contributed by atoms with Gasteiger partial charge in [0, 0.05) is 32.7 Å². The minimum Gasteiger partial charge on any atom is -0.496 e. The Morgan fingerprint density at radius 3 is 1.97 bits per heavy atom. The Bertz CT molecular complexity index is 1160. The van der Waals surface area contributed by atoms with Crippen LogP contribution in [0.3, 0.4) is 0 Å². The van der Waals surface area contributed by atoms with Gasteiger partial charge < -0.3 is 19.7 Å². The lowest BCUT2D eigenvalue weighted by Gasteiger charge is -2.34. The monoisotopic (exact) mass is 489 g/mol. The number of piperazine rings is 1. The highest BCUT2D eigenvalue weighted by Crippen LogP contribution is 2.23. The third-order valence-electron chi connectivity index (χ3n) is 5.75. The number of rotatable bonds is 8. The number of hydrogen-bond donors (Lipinski definition) is 1. The first kappa shape index (κ1) is 25.5. The van der Waals surface area contributed by atoms with Crippen molar-refractivity contribution in [3.05, 3.63) is 58.7 Å². The van der Waals surface area contributed by atoms with Crippen molar-refractivity contribution in [2.24, 2.45) is 0 Å². The minimum atomic E-state index is -3.59. The molecule has 0 aromatic heterocycles. The summed E-state index contributed by atoms with van der Waals surface area (Å²) in [7, 11) is -0.602. The number of aryl methyl sites for hydroxylation is 2. The van der Waals surface area contributed by atoms with Gasteiger partial charge in [0.05, 0.1) is 31.1 Å². The van der Waals surface area contributed by atoms with E-state index in [1.807, 2.05) is 26.0 Å². The minimum absolute atomic E-state index is 0.0299. The van der Waals surface area contributed by atoms with Crippen molar-refractivity contribution >= 4 is 21.8 Å². The van der Waals surface area contributed by atoms with E-state index in [4.69, 9.17) is 9.47 Å². The van der Waals surface area contributed by atoms with Gasteiger partial charge in [-0.3, -0.25) is 9.59 Å². The van der Waals surface area contributed by atoms with Gasteiger partial charge >= 0.3 is 0 Å². The normalized spacial score (nSPS) is 14.5. The van der Waals surface area contributed by atoms with E-state index in [0.29, 0.717) is 22.6 Å². The second kappa shape index (κ2) is 10.9. The predicted octanol–water partition coefficient (Wildman–Crippen LogP) is 1.84. The maximum atomic E-state index is 13.0. The molecule has 34 heavy (non-hydrogen) atoms. The number of methoxy groups -OCH3 is 2.